The molecule has 0 saturated heterocycles. The minimum atomic E-state index is -3.85. The average Bonchev–Trinajstić information content (AvgIpc) is 3.04. The van der Waals surface area contributed by atoms with Gasteiger partial charge >= 0.3 is 0 Å². The topological polar surface area (TPSA) is 66.5 Å². The smallest absolute Gasteiger partial charge is 0.265 e. The van der Waals surface area contributed by atoms with Gasteiger partial charge in [0.15, 0.2) is 0 Å². The van der Waals surface area contributed by atoms with Crippen molar-refractivity contribution in [2.45, 2.75) is 25.2 Å². The number of benzene rings is 2. The van der Waals surface area contributed by atoms with Crippen LogP contribution in [0.25, 0.3) is 0 Å². The van der Waals surface area contributed by atoms with Gasteiger partial charge in [-0.3, -0.25) is 9.10 Å². The number of hydrogen-bond donors (Lipinski definition) is 1. The fraction of sp³-hybridized carbons (Fsp3) is 0.316. The van der Waals surface area contributed by atoms with E-state index in [4.69, 9.17) is 11.6 Å². The Hall–Kier alpha value is -2.05. The highest BCUT2D eigenvalue weighted by Crippen LogP contribution is 2.35. The highest BCUT2D eigenvalue weighted by atomic mass is 35.5. The number of amides is 1. The van der Waals surface area contributed by atoms with Crippen LogP contribution in [0, 0.1) is 5.92 Å². The summed E-state index contributed by atoms with van der Waals surface area (Å²) in [7, 11) is -3.85. The Kier molecular flexibility index (Phi) is 5.25. The highest BCUT2D eigenvalue weighted by molar-refractivity contribution is 7.93. The van der Waals surface area contributed by atoms with Gasteiger partial charge < -0.3 is 5.32 Å². The first-order valence-electron chi connectivity index (χ1n) is 8.49. The van der Waals surface area contributed by atoms with E-state index in [9.17, 15) is 13.2 Å². The van der Waals surface area contributed by atoms with Crippen molar-refractivity contribution in [3.8, 4) is 0 Å². The van der Waals surface area contributed by atoms with Crippen LogP contribution in [-0.4, -0.2) is 27.4 Å². The van der Waals surface area contributed by atoms with E-state index in [1.807, 2.05) is 32.0 Å². The maximum atomic E-state index is 13.2. The molecule has 2 aromatic rings. The van der Waals surface area contributed by atoms with E-state index in [0.29, 0.717) is 31.1 Å². The van der Waals surface area contributed by atoms with Crippen molar-refractivity contribution >= 4 is 33.2 Å². The van der Waals surface area contributed by atoms with Gasteiger partial charge in [-0.25, -0.2) is 8.42 Å². The van der Waals surface area contributed by atoms with Crippen molar-refractivity contribution in [1.29, 1.82) is 0 Å². The van der Waals surface area contributed by atoms with Gasteiger partial charge in [-0.15, -0.1) is 0 Å². The molecule has 1 aliphatic heterocycles. The maximum Gasteiger partial charge on any atom is 0.265 e. The molecule has 0 spiro atoms. The zero-order valence-corrected chi connectivity index (χ0v) is 16.3. The number of halogens is 1. The lowest BCUT2D eigenvalue weighted by Crippen LogP contribution is -2.30. The summed E-state index contributed by atoms with van der Waals surface area (Å²) in [6.07, 6.45) is 0.654. The molecule has 1 aliphatic rings. The Balaban J connectivity index is 1.96. The zero-order valence-electron chi connectivity index (χ0n) is 14.7. The van der Waals surface area contributed by atoms with E-state index >= 15 is 0 Å². The number of para-hydroxylation sites is 1. The summed E-state index contributed by atoms with van der Waals surface area (Å²) in [5.41, 5.74) is 1.93. The van der Waals surface area contributed by atoms with E-state index in [2.05, 4.69) is 5.32 Å². The number of carbonyl (C=O) groups is 1. The standard InChI is InChI=1S/C19H21ClN2O3S/c1-13(2)12-21-19(23)15-7-8-16(20)18(11-15)26(24,25)22-10-9-14-5-3-4-6-17(14)22/h3-8,11,13H,9-10,12H2,1-2H3,(H,21,23). The van der Waals surface area contributed by atoms with Crippen molar-refractivity contribution in [3.63, 3.8) is 0 Å². The summed E-state index contributed by atoms with van der Waals surface area (Å²) >= 11 is 6.18. The molecular formula is C19H21ClN2O3S. The number of fused-ring (bicyclic) bond motifs is 1. The van der Waals surface area contributed by atoms with E-state index in [-0.39, 0.29) is 21.4 Å². The van der Waals surface area contributed by atoms with Gasteiger partial charge in [0, 0.05) is 18.7 Å². The van der Waals surface area contributed by atoms with Crippen LogP contribution >= 0.6 is 11.6 Å². The van der Waals surface area contributed by atoms with Gasteiger partial charge in [0.05, 0.1) is 10.7 Å². The Bertz CT molecular complexity index is 942. The molecule has 0 fully saturated rings. The van der Waals surface area contributed by atoms with Gasteiger partial charge in [0.25, 0.3) is 15.9 Å². The Morgan fingerprint density at radius 1 is 1.23 bits per heavy atom. The summed E-state index contributed by atoms with van der Waals surface area (Å²) in [6, 6.07) is 11.8. The van der Waals surface area contributed by atoms with Gasteiger partial charge in [-0.2, -0.15) is 0 Å². The monoisotopic (exact) mass is 392 g/mol. The lowest BCUT2D eigenvalue weighted by molar-refractivity contribution is 0.0949. The van der Waals surface area contributed by atoms with Crippen LogP contribution in [0.15, 0.2) is 47.4 Å². The number of hydrogen-bond acceptors (Lipinski definition) is 3. The quantitative estimate of drug-likeness (QED) is 0.847. The third kappa shape index (κ3) is 3.57. The molecule has 0 aromatic heterocycles. The molecule has 7 heteroatoms. The molecule has 2 aromatic carbocycles. The second kappa shape index (κ2) is 7.29. The van der Waals surface area contributed by atoms with Crippen molar-refractivity contribution in [2.75, 3.05) is 17.4 Å². The van der Waals surface area contributed by atoms with E-state index in [1.165, 1.54) is 22.5 Å². The molecule has 5 nitrogen and oxygen atoms in total. The van der Waals surface area contributed by atoms with Crippen molar-refractivity contribution in [2.24, 2.45) is 5.92 Å². The number of sulfonamides is 1. The molecule has 1 amide bonds. The molecule has 1 heterocycles. The van der Waals surface area contributed by atoms with E-state index < -0.39 is 10.0 Å². The summed E-state index contributed by atoms with van der Waals surface area (Å²) in [6.45, 7) is 4.86. The molecule has 0 atom stereocenters. The number of rotatable bonds is 5. The summed E-state index contributed by atoms with van der Waals surface area (Å²) < 4.78 is 27.7. The van der Waals surface area contributed by atoms with Crippen LogP contribution in [0.4, 0.5) is 5.69 Å². The van der Waals surface area contributed by atoms with Gasteiger partial charge in [0.1, 0.15) is 4.90 Å². The minimum absolute atomic E-state index is 0.0481. The summed E-state index contributed by atoms with van der Waals surface area (Å²) in [4.78, 5) is 12.2. The first-order chi connectivity index (χ1) is 12.3. The van der Waals surface area contributed by atoms with Gasteiger partial charge in [0.2, 0.25) is 0 Å². The van der Waals surface area contributed by atoms with Crippen LogP contribution < -0.4 is 9.62 Å². The first kappa shape index (κ1) is 18.7. The van der Waals surface area contributed by atoms with Gasteiger partial charge in [-0.05, 0) is 42.2 Å². The molecule has 0 unspecified atom stereocenters. The second-order valence-corrected chi connectivity index (χ2v) is 8.94. The lowest BCUT2D eigenvalue weighted by Gasteiger charge is -2.20. The molecule has 138 valence electrons. The number of carbonyl (C=O) groups excluding carboxylic acids is 1. The van der Waals surface area contributed by atoms with Crippen LogP contribution in [0.2, 0.25) is 5.02 Å². The molecule has 0 radical (unpaired) electrons. The predicted octanol–water partition coefficient (Wildman–Crippen LogP) is 3.48. The molecular weight excluding hydrogens is 372 g/mol. The van der Waals surface area contributed by atoms with E-state index in [0.717, 1.165) is 5.56 Å². The van der Waals surface area contributed by atoms with E-state index in [1.54, 1.807) is 6.07 Å². The van der Waals surface area contributed by atoms with Crippen LogP contribution in [0.1, 0.15) is 29.8 Å². The predicted molar refractivity (Wildman–Crippen MR) is 103 cm³/mol. The largest absolute Gasteiger partial charge is 0.352 e. The summed E-state index contributed by atoms with van der Waals surface area (Å²) in [5.74, 6) is -0.0100. The first-order valence-corrected chi connectivity index (χ1v) is 10.3. The average molecular weight is 393 g/mol. The maximum absolute atomic E-state index is 13.2. The molecule has 0 aliphatic carbocycles. The van der Waals surface area contributed by atoms with Crippen molar-refractivity contribution in [3.05, 3.63) is 58.6 Å². The Labute approximate surface area is 159 Å². The number of nitrogens with zero attached hydrogens (tertiary/aromatic N) is 1. The van der Waals surface area contributed by atoms with Crippen molar-refractivity contribution in [1.82, 2.24) is 5.32 Å². The number of nitrogens with one attached hydrogen (secondary N) is 1. The minimum Gasteiger partial charge on any atom is -0.352 e. The Morgan fingerprint density at radius 3 is 2.69 bits per heavy atom. The highest BCUT2D eigenvalue weighted by Gasteiger charge is 2.32. The number of anilines is 1. The third-order valence-corrected chi connectivity index (χ3v) is 6.57. The molecule has 1 N–H and O–H groups in total. The SMILES string of the molecule is CC(C)CNC(=O)c1ccc(Cl)c(S(=O)(=O)N2CCc3ccccc32)c1. The van der Waals surface area contributed by atoms with Crippen molar-refractivity contribution < 1.29 is 13.2 Å². The molecule has 26 heavy (non-hydrogen) atoms. The normalized spacial score (nSPS) is 13.8. The Morgan fingerprint density at radius 2 is 1.96 bits per heavy atom. The molecule has 0 saturated carbocycles. The van der Waals surface area contributed by atoms with Crippen LogP contribution in [0.5, 0.6) is 0 Å². The fourth-order valence-corrected chi connectivity index (χ4v) is 4.92. The molecule has 3 rings (SSSR count). The fourth-order valence-electron chi connectivity index (χ4n) is 2.92. The summed E-state index contributed by atoms with van der Waals surface area (Å²) in [5, 5.41) is 2.90. The zero-order chi connectivity index (χ0) is 18.9. The molecule has 0 bridgehead atoms. The second-order valence-electron chi connectivity index (χ2n) is 6.70. The third-order valence-electron chi connectivity index (χ3n) is 4.28. The lowest BCUT2D eigenvalue weighted by atomic mass is 10.2. The van der Waals surface area contributed by atoms with Crippen LogP contribution in [-0.2, 0) is 16.4 Å². The van der Waals surface area contributed by atoms with Gasteiger partial charge in [-0.1, -0.05) is 43.6 Å². The van der Waals surface area contributed by atoms with Crippen LogP contribution in [0.3, 0.4) is 0 Å².